The van der Waals surface area contributed by atoms with E-state index in [1.165, 1.54) is 45.2 Å². The summed E-state index contributed by atoms with van der Waals surface area (Å²) in [6.45, 7) is 8.23. The highest BCUT2D eigenvalue weighted by atomic mass is 15.2. The highest BCUT2D eigenvalue weighted by Gasteiger charge is 2.31. The first kappa shape index (κ1) is 12.4. The summed E-state index contributed by atoms with van der Waals surface area (Å²) < 4.78 is 0. The minimum atomic E-state index is 0.734. The maximum absolute atomic E-state index is 5.88. The molecule has 0 aromatic carbocycles. The second kappa shape index (κ2) is 5.50. The lowest BCUT2D eigenvalue weighted by molar-refractivity contribution is 0.0720. The predicted octanol–water partition coefficient (Wildman–Crippen LogP) is 2.48. The average molecular weight is 224 g/mol. The van der Waals surface area contributed by atoms with E-state index in [4.69, 9.17) is 5.73 Å². The summed E-state index contributed by atoms with van der Waals surface area (Å²) in [5, 5.41) is 0. The first-order valence-corrected chi connectivity index (χ1v) is 7.16. The molecular weight excluding hydrogens is 196 g/mol. The van der Waals surface area contributed by atoms with Crippen LogP contribution in [-0.2, 0) is 0 Å². The fourth-order valence-corrected chi connectivity index (χ4v) is 3.59. The molecule has 0 amide bonds. The SMILES string of the molecule is CC1CCN(C(C)C2CCCC2)CC1CN. The molecule has 16 heavy (non-hydrogen) atoms. The molecule has 0 spiro atoms. The standard InChI is InChI=1S/C14H28N2/c1-11-7-8-16(10-14(11)9-15)12(2)13-5-3-4-6-13/h11-14H,3-10,15H2,1-2H3. The average Bonchev–Trinajstić information content (AvgIpc) is 2.82. The number of rotatable bonds is 3. The van der Waals surface area contributed by atoms with Crippen LogP contribution in [0.4, 0.5) is 0 Å². The number of nitrogens with zero attached hydrogens (tertiary/aromatic N) is 1. The van der Waals surface area contributed by atoms with Gasteiger partial charge in [-0.3, -0.25) is 0 Å². The Morgan fingerprint density at radius 2 is 1.94 bits per heavy atom. The minimum absolute atomic E-state index is 0.734. The maximum Gasteiger partial charge on any atom is 0.00953 e. The predicted molar refractivity (Wildman–Crippen MR) is 69.3 cm³/mol. The Morgan fingerprint density at radius 3 is 2.56 bits per heavy atom. The lowest BCUT2D eigenvalue weighted by Crippen LogP contribution is -2.48. The zero-order valence-corrected chi connectivity index (χ0v) is 11.0. The molecule has 2 fully saturated rings. The topological polar surface area (TPSA) is 29.3 Å². The van der Waals surface area contributed by atoms with Crippen molar-refractivity contribution in [1.82, 2.24) is 4.90 Å². The summed E-state index contributed by atoms with van der Waals surface area (Å²) in [7, 11) is 0. The van der Waals surface area contributed by atoms with E-state index in [0.717, 1.165) is 30.3 Å². The second-order valence-corrected chi connectivity index (χ2v) is 6.04. The van der Waals surface area contributed by atoms with Gasteiger partial charge in [-0.25, -0.2) is 0 Å². The van der Waals surface area contributed by atoms with Crippen molar-refractivity contribution in [3.63, 3.8) is 0 Å². The van der Waals surface area contributed by atoms with Crippen LogP contribution in [0.15, 0.2) is 0 Å². The summed E-state index contributed by atoms with van der Waals surface area (Å²) in [6.07, 6.45) is 7.18. The van der Waals surface area contributed by atoms with Gasteiger partial charge in [-0.15, -0.1) is 0 Å². The van der Waals surface area contributed by atoms with Gasteiger partial charge in [0.25, 0.3) is 0 Å². The van der Waals surface area contributed by atoms with Gasteiger partial charge in [0, 0.05) is 12.6 Å². The molecule has 3 atom stereocenters. The van der Waals surface area contributed by atoms with Gasteiger partial charge < -0.3 is 10.6 Å². The Morgan fingerprint density at radius 1 is 1.25 bits per heavy atom. The van der Waals surface area contributed by atoms with Gasteiger partial charge in [0.15, 0.2) is 0 Å². The molecule has 3 unspecified atom stereocenters. The lowest BCUT2D eigenvalue weighted by atomic mass is 9.85. The third-order valence-electron chi connectivity index (χ3n) is 5.11. The van der Waals surface area contributed by atoms with Crippen molar-refractivity contribution in [2.75, 3.05) is 19.6 Å². The Balaban J connectivity index is 1.89. The molecule has 0 aromatic heterocycles. The van der Waals surface area contributed by atoms with Crippen LogP contribution in [0.3, 0.4) is 0 Å². The lowest BCUT2D eigenvalue weighted by Gasteiger charge is -2.41. The highest BCUT2D eigenvalue weighted by molar-refractivity contribution is 4.85. The van der Waals surface area contributed by atoms with E-state index in [1.807, 2.05) is 0 Å². The molecule has 2 nitrogen and oxygen atoms in total. The van der Waals surface area contributed by atoms with E-state index in [0.29, 0.717) is 0 Å². The van der Waals surface area contributed by atoms with Crippen LogP contribution in [0.5, 0.6) is 0 Å². The van der Waals surface area contributed by atoms with Gasteiger partial charge in [-0.05, 0) is 57.0 Å². The van der Waals surface area contributed by atoms with E-state index in [2.05, 4.69) is 18.7 Å². The third kappa shape index (κ3) is 2.60. The Hall–Kier alpha value is -0.0800. The summed E-state index contributed by atoms with van der Waals surface area (Å²) in [4.78, 5) is 2.72. The normalized spacial score (nSPS) is 35.4. The molecule has 1 saturated carbocycles. The first-order valence-electron chi connectivity index (χ1n) is 7.16. The van der Waals surface area contributed by atoms with Crippen molar-refractivity contribution in [3.05, 3.63) is 0 Å². The molecule has 1 saturated heterocycles. The number of piperidine rings is 1. The van der Waals surface area contributed by atoms with Crippen LogP contribution in [0, 0.1) is 17.8 Å². The molecule has 0 radical (unpaired) electrons. The molecule has 2 N–H and O–H groups in total. The molecule has 2 heteroatoms. The summed E-state index contributed by atoms with van der Waals surface area (Å²) >= 11 is 0. The van der Waals surface area contributed by atoms with Crippen molar-refractivity contribution in [2.45, 2.75) is 52.0 Å². The van der Waals surface area contributed by atoms with Crippen LogP contribution in [0.2, 0.25) is 0 Å². The van der Waals surface area contributed by atoms with E-state index >= 15 is 0 Å². The van der Waals surface area contributed by atoms with Crippen molar-refractivity contribution >= 4 is 0 Å². The first-order chi connectivity index (χ1) is 7.72. The number of hydrogen-bond donors (Lipinski definition) is 1. The summed E-state index contributed by atoms with van der Waals surface area (Å²) in [5.41, 5.74) is 5.88. The smallest absolute Gasteiger partial charge is 0.00953 e. The molecule has 2 aliphatic rings. The summed E-state index contributed by atoms with van der Waals surface area (Å²) in [6, 6.07) is 0.795. The molecular formula is C14H28N2. The van der Waals surface area contributed by atoms with Crippen molar-refractivity contribution in [2.24, 2.45) is 23.5 Å². The molecule has 0 bridgehead atoms. The molecule has 2 rings (SSSR count). The van der Waals surface area contributed by atoms with Gasteiger partial charge in [0.05, 0.1) is 0 Å². The van der Waals surface area contributed by atoms with Crippen LogP contribution in [0.25, 0.3) is 0 Å². The minimum Gasteiger partial charge on any atom is -0.330 e. The van der Waals surface area contributed by atoms with E-state index < -0.39 is 0 Å². The molecule has 1 aliphatic carbocycles. The van der Waals surface area contributed by atoms with Gasteiger partial charge in [-0.1, -0.05) is 19.8 Å². The van der Waals surface area contributed by atoms with Crippen molar-refractivity contribution in [3.8, 4) is 0 Å². The van der Waals surface area contributed by atoms with E-state index in [1.54, 1.807) is 0 Å². The third-order valence-corrected chi connectivity index (χ3v) is 5.11. The number of nitrogens with two attached hydrogens (primary N) is 1. The van der Waals surface area contributed by atoms with Crippen molar-refractivity contribution < 1.29 is 0 Å². The Labute approximate surface area is 101 Å². The second-order valence-electron chi connectivity index (χ2n) is 6.04. The van der Waals surface area contributed by atoms with Crippen LogP contribution in [0.1, 0.15) is 46.0 Å². The maximum atomic E-state index is 5.88. The Bertz CT molecular complexity index is 211. The molecule has 1 heterocycles. The van der Waals surface area contributed by atoms with Gasteiger partial charge in [0.1, 0.15) is 0 Å². The fraction of sp³-hybridized carbons (Fsp3) is 1.00. The quantitative estimate of drug-likeness (QED) is 0.798. The molecule has 1 aliphatic heterocycles. The Kier molecular flexibility index (Phi) is 4.26. The fourth-order valence-electron chi connectivity index (χ4n) is 3.59. The number of hydrogen-bond acceptors (Lipinski definition) is 2. The van der Waals surface area contributed by atoms with E-state index in [-0.39, 0.29) is 0 Å². The zero-order valence-electron chi connectivity index (χ0n) is 11.0. The summed E-state index contributed by atoms with van der Waals surface area (Å²) in [5.74, 6) is 2.53. The van der Waals surface area contributed by atoms with E-state index in [9.17, 15) is 0 Å². The van der Waals surface area contributed by atoms with Crippen LogP contribution < -0.4 is 5.73 Å². The monoisotopic (exact) mass is 224 g/mol. The molecule has 94 valence electrons. The van der Waals surface area contributed by atoms with Gasteiger partial charge in [-0.2, -0.15) is 0 Å². The van der Waals surface area contributed by atoms with Crippen molar-refractivity contribution in [1.29, 1.82) is 0 Å². The van der Waals surface area contributed by atoms with Crippen LogP contribution in [-0.4, -0.2) is 30.6 Å². The van der Waals surface area contributed by atoms with Crippen LogP contribution >= 0.6 is 0 Å². The zero-order chi connectivity index (χ0) is 11.5. The number of likely N-dealkylation sites (tertiary alicyclic amines) is 1. The molecule has 0 aromatic rings. The highest BCUT2D eigenvalue weighted by Crippen LogP contribution is 2.33. The van der Waals surface area contributed by atoms with Gasteiger partial charge >= 0.3 is 0 Å². The largest absolute Gasteiger partial charge is 0.330 e. The van der Waals surface area contributed by atoms with Gasteiger partial charge in [0.2, 0.25) is 0 Å².